The van der Waals surface area contributed by atoms with E-state index in [1.807, 2.05) is 0 Å². The molecule has 10 aromatic rings. The van der Waals surface area contributed by atoms with Crippen LogP contribution in [0.25, 0.3) is 98.8 Å². The Morgan fingerprint density at radius 3 is 1.57 bits per heavy atom. The first kappa shape index (κ1) is 15.6. The van der Waals surface area contributed by atoms with Crippen molar-refractivity contribution in [2.75, 3.05) is 0 Å². The molecule has 1 heteroatoms. The van der Waals surface area contributed by atoms with Crippen molar-refractivity contribution in [2.45, 2.75) is 0 Å². The Bertz CT molecular complexity index is 3760. The quantitative estimate of drug-likeness (QED) is 0.175. The van der Waals surface area contributed by atoms with Crippen molar-refractivity contribution in [1.29, 1.82) is 0 Å². The topological polar surface area (TPSA) is 13.1 Å². The predicted octanol–water partition coefficient (Wildman–Crippen LogP) is 13.7. The molecule has 0 fully saturated rings. The molecule has 0 unspecified atom stereocenters. The lowest BCUT2D eigenvalue weighted by atomic mass is 9.84. The molecule has 0 spiro atoms. The molecule has 0 amide bonds. The molecule has 0 aliphatic carbocycles. The molecule has 0 bridgehead atoms. The Morgan fingerprint density at radius 2 is 0.898 bits per heavy atom. The molecule has 49 heavy (non-hydrogen) atoms. The Balaban J connectivity index is 1.35. The van der Waals surface area contributed by atoms with Crippen molar-refractivity contribution < 1.29 is 27.7 Å². The van der Waals surface area contributed by atoms with E-state index in [-0.39, 0.29) is 72.6 Å². The Morgan fingerprint density at radius 1 is 0.347 bits per heavy atom. The fourth-order valence-corrected chi connectivity index (χ4v) is 6.57. The highest BCUT2D eigenvalue weighted by Crippen LogP contribution is 2.46. The molecule has 1 aromatic heterocycles. The molecule has 1 heterocycles. The van der Waals surface area contributed by atoms with Crippen LogP contribution < -0.4 is 0 Å². The fourth-order valence-electron chi connectivity index (χ4n) is 6.57. The zero-order valence-electron chi connectivity index (χ0n) is 42.4. The summed E-state index contributed by atoms with van der Waals surface area (Å²) in [6, 6.07) is 13.4. The highest BCUT2D eigenvalue weighted by atomic mass is 16.3. The van der Waals surface area contributed by atoms with E-state index in [0.717, 1.165) is 0 Å². The molecule has 9 aromatic carbocycles. The summed E-state index contributed by atoms with van der Waals surface area (Å²) in [4.78, 5) is 0. The van der Waals surface area contributed by atoms with Crippen LogP contribution in [0.4, 0.5) is 0 Å². The van der Waals surface area contributed by atoms with Crippen molar-refractivity contribution in [3.8, 4) is 44.5 Å². The maximum absolute atomic E-state index is 9.97. The molecule has 0 saturated heterocycles. The minimum Gasteiger partial charge on any atom is -0.456 e. The fraction of sp³-hybridized carbons (Fsp3) is 0. The monoisotopic (exact) mass is 639 g/mol. The van der Waals surface area contributed by atoms with Crippen molar-refractivity contribution in [3.63, 3.8) is 0 Å². The standard InChI is InChI=1S/C48H30O/c1-3-13-31(14-4-1)37-25-23-35(28-42(37)32-15-5-2-6-16-32)47-38-19-9-11-21-40(38)48(41-22-12-10-20-39(41)47)36-24-26-45-43(29-36)44-27-33-17-7-8-18-34(33)30-46(44)49-45/h1-30H/i1D,3D,4D,7D,8D,13D,14D,17D,18D,23D,24D,25D,26D,27D,28D,29D,30D. The summed E-state index contributed by atoms with van der Waals surface area (Å²) in [5.41, 5.74) is -0.0862. The number of fused-ring (bicyclic) bond motifs is 6. The summed E-state index contributed by atoms with van der Waals surface area (Å²) in [5.74, 6) is 0. The average molecular weight is 640 g/mol. The van der Waals surface area contributed by atoms with E-state index in [0.29, 0.717) is 38.2 Å². The number of furan rings is 1. The van der Waals surface area contributed by atoms with Crippen LogP contribution >= 0.6 is 0 Å². The van der Waals surface area contributed by atoms with Gasteiger partial charge in [-0.15, -0.1) is 0 Å². The molecule has 0 radical (unpaired) electrons. The summed E-state index contributed by atoms with van der Waals surface area (Å²) >= 11 is 0. The summed E-state index contributed by atoms with van der Waals surface area (Å²) < 4.78 is 159. The molecule has 0 aliphatic rings. The Labute approximate surface area is 308 Å². The lowest BCUT2D eigenvalue weighted by Gasteiger charge is -2.19. The van der Waals surface area contributed by atoms with Gasteiger partial charge in [0.1, 0.15) is 11.2 Å². The second kappa shape index (κ2) is 11.1. The predicted molar refractivity (Wildman–Crippen MR) is 208 cm³/mol. The third kappa shape index (κ3) is 4.47. The van der Waals surface area contributed by atoms with Gasteiger partial charge >= 0.3 is 0 Å². The summed E-state index contributed by atoms with van der Waals surface area (Å²) in [7, 11) is 0. The smallest absolute Gasteiger partial charge is 0.136 e. The second-order valence-corrected chi connectivity index (χ2v) is 11.5. The van der Waals surface area contributed by atoms with Crippen molar-refractivity contribution in [1.82, 2.24) is 0 Å². The van der Waals surface area contributed by atoms with Gasteiger partial charge in [0.05, 0.1) is 23.3 Å². The maximum atomic E-state index is 9.97. The number of hydrogen-bond donors (Lipinski definition) is 0. The Hall–Kier alpha value is -6.44. The number of hydrogen-bond acceptors (Lipinski definition) is 1. The molecule has 0 atom stereocenters. The SMILES string of the molecule is [2H]c1c([2H])c([2H])c(-c2c([2H])c([2H])c(-c3c4ccccc4c(-c4c([2H])c([2H])c5oc6c([2H])c7c([2H])c([2H])c([2H])c([2H])c7c([2H])c6c5c4[2H])c4ccccc34)c([2H])c2-c2ccccc2)c([2H])c1[2H]. The highest BCUT2D eigenvalue weighted by Gasteiger charge is 2.19. The summed E-state index contributed by atoms with van der Waals surface area (Å²) in [6.07, 6.45) is 0. The van der Waals surface area contributed by atoms with Gasteiger partial charge in [0, 0.05) is 10.8 Å². The van der Waals surface area contributed by atoms with E-state index in [4.69, 9.17) is 18.1 Å². The van der Waals surface area contributed by atoms with Gasteiger partial charge in [0.25, 0.3) is 0 Å². The van der Waals surface area contributed by atoms with Gasteiger partial charge in [-0.25, -0.2) is 0 Å². The first-order chi connectivity index (χ1) is 31.4. The van der Waals surface area contributed by atoms with Crippen LogP contribution in [0.1, 0.15) is 23.3 Å². The largest absolute Gasteiger partial charge is 0.456 e. The highest BCUT2D eigenvalue weighted by molar-refractivity contribution is 6.22. The van der Waals surface area contributed by atoms with Crippen molar-refractivity contribution in [3.05, 3.63) is 182 Å². The molecular weight excluding hydrogens is 593 g/mol. The van der Waals surface area contributed by atoms with Gasteiger partial charge in [0.15, 0.2) is 0 Å². The number of rotatable bonds is 4. The van der Waals surface area contributed by atoms with Gasteiger partial charge in [-0.05, 0) is 107 Å². The third-order valence-electron chi connectivity index (χ3n) is 8.69. The zero-order chi connectivity index (χ0) is 47.1. The summed E-state index contributed by atoms with van der Waals surface area (Å²) in [6.45, 7) is 0. The van der Waals surface area contributed by atoms with E-state index >= 15 is 0 Å². The third-order valence-corrected chi connectivity index (χ3v) is 8.69. The molecule has 0 aliphatic heterocycles. The van der Waals surface area contributed by atoms with Crippen LogP contribution in [-0.4, -0.2) is 0 Å². The van der Waals surface area contributed by atoms with Crippen molar-refractivity contribution in [2.24, 2.45) is 0 Å². The van der Waals surface area contributed by atoms with Crippen LogP contribution in [0.5, 0.6) is 0 Å². The zero-order valence-corrected chi connectivity index (χ0v) is 25.4. The van der Waals surface area contributed by atoms with Gasteiger partial charge in [0.2, 0.25) is 0 Å². The Kier molecular flexibility index (Phi) is 3.54. The van der Waals surface area contributed by atoms with Gasteiger partial charge in [-0.1, -0.05) is 151 Å². The van der Waals surface area contributed by atoms with Crippen molar-refractivity contribution >= 4 is 54.3 Å². The lowest BCUT2D eigenvalue weighted by Crippen LogP contribution is -1.92. The van der Waals surface area contributed by atoms with Crippen LogP contribution in [0.15, 0.2) is 186 Å². The van der Waals surface area contributed by atoms with E-state index in [1.165, 1.54) is 0 Å². The molecule has 1 nitrogen and oxygen atoms in total. The minimum absolute atomic E-state index is 0.0122. The second-order valence-electron chi connectivity index (χ2n) is 11.5. The van der Waals surface area contributed by atoms with Gasteiger partial charge in [-0.2, -0.15) is 0 Å². The average Bonchev–Trinajstić information content (AvgIpc) is 3.74. The molecule has 228 valence electrons. The first-order valence-corrected chi connectivity index (χ1v) is 15.5. The lowest BCUT2D eigenvalue weighted by molar-refractivity contribution is 0.669. The van der Waals surface area contributed by atoms with Gasteiger partial charge in [-0.3, -0.25) is 0 Å². The van der Waals surface area contributed by atoms with Crippen LogP contribution in [0.3, 0.4) is 0 Å². The van der Waals surface area contributed by atoms with E-state index in [1.54, 1.807) is 78.9 Å². The van der Waals surface area contributed by atoms with E-state index in [9.17, 15) is 9.60 Å². The molecule has 0 N–H and O–H groups in total. The normalized spacial score (nSPS) is 16.5. The maximum Gasteiger partial charge on any atom is 0.136 e. The molecule has 10 rings (SSSR count). The van der Waals surface area contributed by atoms with Crippen LogP contribution in [0.2, 0.25) is 0 Å². The van der Waals surface area contributed by atoms with Crippen LogP contribution in [-0.2, 0) is 0 Å². The molecule has 0 saturated carbocycles. The van der Waals surface area contributed by atoms with Crippen LogP contribution in [0, 0.1) is 0 Å². The number of benzene rings is 9. The minimum atomic E-state index is -0.639. The first-order valence-electron chi connectivity index (χ1n) is 24.0. The van der Waals surface area contributed by atoms with E-state index in [2.05, 4.69) is 0 Å². The van der Waals surface area contributed by atoms with E-state index < -0.39 is 90.6 Å². The van der Waals surface area contributed by atoms with Gasteiger partial charge < -0.3 is 4.42 Å². The molecular formula is C48H30O. The summed E-state index contributed by atoms with van der Waals surface area (Å²) in [5, 5.41) is 0.892.